The first kappa shape index (κ1) is 12.4. The lowest BCUT2D eigenvalue weighted by atomic mass is 9.76. The van der Waals surface area contributed by atoms with Crippen LogP contribution in [0.5, 0.6) is 5.75 Å². The van der Waals surface area contributed by atoms with Crippen molar-refractivity contribution >= 4 is 0 Å². The summed E-state index contributed by atoms with van der Waals surface area (Å²) in [5, 5.41) is 0. The molecule has 2 atom stereocenters. The predicted molar refractivity (Wildman–Crippen MR) is 68.2 cm³/mol. The Morgan fingerprint density at radius 3 is 2.94 bits per heavy atom. The van der Waals surface area contributed by atoms with Crippen LogP contribution in [0, 0.1) is 5.41 Å². The van der Waals surface area contributed by atoms with Gasteiger partial charge in [-0.15, -0.1) is 0 Å². The van der Waals surface area contributed by atoms with Gasteiger partial charge in [-0.2, -0.15) is 0 Å². The van der Waals surface area contributed by atoms with Crippen molar-refractivity contribution in [3.63, 3.8) is 0 Å². The second kappa shape index (κ2) is 5.07. The van der Waals surface area contributed by atoms with E-state index in [1.54, 1.807) is 7.11 Å². The Balaban J connectivity index is 2.18. The molecule has 94 valence electrons. The molecule has 1 aromatic carbocycles. The van der Waals surface area contributed by atoms with E-state index in [0.29, 0.717) is 6.54 Å². The lowest BCUT2D eigenvalue weighted by Gasteiger charge is -2.31. The average Bonchev–Trinajstić information content (AvgIpc) is 2.71. The average molecular weight is 235 g/mol. The molecule has 0 bridgehead atoms. The Labute approximate surface area is 103 Å². The largest absolute Gasteiger partial charge is 0.497 e. The normalized spacial score (nSPS) is 28.3. The third kappa shape index (κ3) is 2.45. The molecule has 1 aliphatic rings. The van der Waals surface area contributed by atoms with E-state index in [2.05, 4.69) is 19.1 Å². The van der Waals surface area contributed by atoms with Crippen molar-refractivity contribution in [2.45, 2.75) is 25.9 Å². The molecular weight excluding hydrogens is 214 g/mol. The molecule has 0 radical (unpaired) electrons. The third-order valence-electron chi connectivity index (χ3n) is 3.93. The molecule has 0 aromatic heterocycles. The molecule has 2 rings (SSSR count). The predicted octanol–water partition coefficient (Wildman–Crippen LogP) is 1.99. The van der Waals surface area contributed by atoms with Gasteiger partial charge in [0, 0.05) is 18.6 Å². The van der Waals surface area contributed by atoms with E-state index >= 15 is 0 Å². The highest BCUT2D eigenvalue weighted by atomic mass is 16.5. The minimum atomic E-state index is 0.0896. The molecule has 2 unspecified atom stereocenters. The van der Waals surface area contributed by atoms with Gasteiger partial charge in [0.25, 0.3) is 0 Å². The summed E-state index contributed by atoms with van der Waals surface area (Å²) in [5.74, 6) is 0.904. The lowest BCUT2D eigenvalue weighted by molar-refractivity contribution is 0.0673. The number of benzene rings is 1. The first-order valence-corrected chi connectivity index (χ1v) is 6.15. The van der Waals surface area contributed by atoms with Crippen LogP contribution in [-0.2, 0) is 11.2 Å². The minimum absolute atomic E-state index is 0.0896. The molecule has 1 aromatic rings. The number of methoxy groups -OCH3 is 1. The van der Waals surface area contributed by atoms with Gasteiger partial charge in [0.05, 0.1) is 13.2 Å². The molecule has 2 N–H and O–H groups in total. The van der Waals surface area contributed by atoms with Gasteiger partial charge in [0.2, 0.25) is 0 Å². The van der Waals surface area contributed by atoms with Crippen LogP contribution >= 0.6 is 0 Å². The zero-order valence-electron chi connectivity index (χ0n) is 10.6. The van der Waals surface area contributed by atoms with E-state index < -0.39 is 0 Å². The first-order chi connectivity index (χ1) is 8.20. The Kier molecular flexibility index (Phi) is 3.69. The van der Waals surface area contributed by atoms with E-state index in [4.69, 9.17) is 15.2 Å². The van der Waals surface area contributed by atoms with E-state index in [1.165, 1.54) is 5.56 Å². The SMILES string of the molecule is COc1cccc(CC2(CN)CCOC2C)c1. The number of nitrogens with two attached hydrogens (primary N) is 1. The molecular formula is C14H21NO2. The molecule has 1 heterocycles. The summed E-state index contributed by atoms with van der Waals surface area (Å²) in [5.41, 5.74) is 7.33. The van der Waals surface area contributed by atoms with E-state index in [1.807, 2.05) is 12.1 Å². The molecule has 3 nitrogen and oxygen atoms in total. The van der Waals surface area contributed by atoms with Gasteiger partial charge < -0.3 is 15.2 Å². The van der Waals surface area contributed by atoms with Crippen molar-refractivity contribution in [3.8, 4) is 5.75 Å². The summed E-state index contributed by atoms with van der Waals surface area (Å²) in [6, 6.07) is 8.21. The molecule has 0 aliphatic carbocycles. The molecule has 1 saturated heterocycles. The second-order valence-electron chi connectivity index (χ2n) is 4.86. The van der Waals surface area contributed by atoms with Crippen LogP contribution in [0.15, 0.2) is 24.3 Å². The van der Waals surface area contributed by atoms with Crippen LogP contribution < -0.4 is 10.5 Å². The van der Waals surface area contributed by atoms with Gasteiger partial charge in [-0.25, -0.2) is 0 Å². The Morgan fingerprint density at radius 2 is 2.35 bits per heavy atom. The third-order valence-corrected chi connectivity index (χ3v) is 3.93. The topological polar surface area (TPSA) is 44.5 Å². The van der Waals surface area contributed by atoms with Gasteiger partial charge in [0.15, 0.2) is 0 Å². The summed E-state index contributed by atoms with van der Waals surface area (Å²) in [7, 11) is 1.69. The van der Waals surface area contributed by atoms with Crippen LogP contribution in [0.3, 0.4) is 0 Å². The highest BCUT2D eigenvalue weighted by molar-refractivity contribution is 5.29. The van der Waals surface area contributed by atoms with Gasteiger partial charge in [-0.05, 0) is 37.5 Å². The van der Waals surface area contributed by atoms with Crippen LogP contribution in [0.1, 0.15) is 18.9 Å². The summed E-state index contributed by atoms with van der Waals surface area (Å²) in [4.78, 5) is 0. The lowest BCUT2D eigenvalue weighted by Crippen LogP contribution is -2.38. The molecule has 3 heteroatoms. The van der Waals surface area contributed by atoms with Gasteiger partial charge in [0.1, 0.15) is 5.75 Å². The Hall–Kier alpha value is -1.06. The van der Waals surface area contributed by atoms with Crippen molar-refractivity contribution in [1.82, 2.24) is 0 Å². The molecule has 0 spiro atoms. The zero-order chi connectivity index (χ0) is 12.3. The summed E-state index contributed by atoms with van der Waals surface area (Å²) >= 11 is 0. The fourth-order valence-corrected chi connectivity index (χ4v) is 2.58. The Morgan fingerprint density at radius 1 is 1.53 bits per heavy atom. The van der Waals surface area contributed by atoms with Crippen molar-refractivity contribution in [1.29, 1.82) is 0 Å². The van der Waals surface area contributed by atoms with Crippen molar-refractivity contribution in [2.24, 2.45) is 11.1 Å². The molecule has 1 aliphatic heterocycles. The fourth-order valence-electron chi connectivity index (χ4n) is 2.58. The van der Waals surface area contributed by atoms with Gasteiger partial charge in [-0.1, -0.05) is 12.1 Å². The van der Waals surface area contributed by atoms with Gasteiger partial charge >= 0.3 is 0 Å². The highest BCUT2D eigenvalue weighted by Gasteiger charge is 2.40. The molecule has 0 saturated carbocycles. The highest BCUT2D eigenvalue weighted by Crippen LogP contribution is 2.37. The summed E-state index contributed by atoms with van der Waals surface area (Å²) < 4.78 is 10.9. The standard InChI is InChI=1S/C14H21NO2/c1-11-14(10-15,6-7-17-11)9-12-4-3-5-13(8-12)16-2/h3-5,8,11H,6-7,9-10,15H2,1-2H3. The van der Waals surface area contributed by atoms with Crippen LogP contribution in [0.2, 0.25) is 0 Å². The van der Waals surface area contributed by atoms with E-state index in [0.717, 1.165) is 25.2 Å². The summed E-state index contributed by atoms with van der Waals surface area (Å²) in [6.07, 6.45) is 2.24. The fraction of sp³-hybridized carbons (Fsp3) is 0.571. The Bertz CT molecular complexity index is 380. The minimum Gasteiger partial charge on any atom is -0.497 e. The molecule has 17 heavy (non-hydrogen) atoms. The molecule has 0 amide bonds. The maximum atomic E-state index is 5.97. The summed E-state index contributed by atoms with van der Waals surface area (Å²) in [6.45, 7) is 3.62. The number of hydrogen-bond donors (Lipinski definition) is 1. The van der Waals surface area contributed by atoms with E-state index in [-0.39, 0.29) is 11.5 Å². The first-order valence-electron chi connectivity index (χ1n) is 6.15. The van der Waals surface area contributed by atoms with Crippen LogP contribution in [0.4, 0.5) is 0 Å². The van der Waals surface area contributed by atoms with Gasteiger partial charge in [-0.3, -0.25) is 0 Å². The monoisotopic (exact) mass is 235 g/mol. The maximum absolute atomic E-state index is 5.97. The molecule has 1 fully saturated rings. The second-order valence-corrected chi connectivity index (χ2v) is 4.86. The van der Waals surface area contributed by atoms with Crippen molar-refractivity contribution < 1.29 is 9.47 Å². The zero-order valence-corrected chi connectivity index (χ0v) is 10.6. The van der Waals surface area contributed by atoms with E-state index in [9.17, 15) is 0 Å². The number of rotatable bonds is 4. The van der Waals surface area contributed by atoms with Crippen LogP contribution in [0.25, 0.3) is 0 Å². The quantitative estimate of drug-likeness (QED) is 0.868. The smallest absolute Gasteiger partial charge is 0.119 e. The van der Waals surface area contributed by atoms with Crippen molar-refractivity contribution in [3.05, 3.63) is 29.8 Å². The number of hydrogen-bond acceptors (Lipinski definition) is 3. The van der Waals surface area contributed by atoms with Crippen LogP contribution in [-0.4, -0.2) is 26.4 Å². The number of ether oxygens (including phenoxy) is 2. The maximum Gasteiger partial charge on any atom is 0.119 e. The van der Waals surface area contributed by atoms with Crippen molar-refractivity contribution in [2.75, 3.05) is 20.3 Å².